The van der Waals surface area contributed by atoms with E-state index in [1.165, 1.54) is 5.57 Å². The van der Waals surface area contributed by atoms with E-state index in [0.717, 1.165) is 18.7 Å². The summed E-state index contributed by atoms with van der Waals surface area (Å²) in [5.41, 5.74) is 2.17. The van der Waals surface area contributed by atoms with Gasteiger partial charge in [-0.2, -0.15) is 5.10 Å². The van der Waals surface area contributed by atoms with Gasteiger partial charge in [0.05, 0.1) is 16.9 Å². The molecule has 0 aliphatic carbocycles. The van der Waals surface area contributed by atoms with Crippen molar-refractivity contribution in [2.45, 2.75) is 13.3 Å². The van der Waals surface area contributed by atoms with Crippen molar-refractivity contribution in [1.82, 2.24) is 15.1 Å². The molecule has 0 aliphatic heterocycles. The predicted molar refractivity (Wildman–Crippen MR) is 60.4 cm³/mol. The first-order valence-corrected chi connectivity index (χ1v) is 5.04. The molecule has 0 bridgehead atoms. The number of hydrogen-bond acceptors (Lipinski definition) is 2. The zero-order valence-electron chi connectivity index (χ0n) is 8.84. The molecule has 0 saturated carbocycles. The van der Waals surface area contributed by atoms with Gasteiger partial charge in [0.25, 0.3) is 0 Å². The quantitative estimate of drug-likeness (QED) is 0.777. The Morgan fingerprint density at radius 3 is 2.93 bits per heavy atom. The second-order valence-corrected chi connectivity index (χ2v) is 3.65. The van der Waals surface area contributed by atoms with Crippen LogP contribution in [0.25, 0.3) is 5.57 Å². The average molecular weight is 214 g/mol. The highest BCUT2D eigenvalue weighted by Crippen LogP contribution is 2.22. The topological polar surface area (TPSA) is 29.9 Å². The van der Waals surface area contributed by atoms with E-state index in [2.05, 4.69) is 23.4 Å². The van der Waals surface area contributed by atoms with Crippen molar-refractivity contribution in [1.29, 1.82) is 0 Å². The van der Waals surface area contributed by atoms with Gasteiger partial charge in [0.2, 0.25) is 0 Å². The zero-order chi connectivity index (χ0) is 10.6. The van der Waals surface area contributed by atoms with Crippen LogP contribution in [0.15, 0.2) is 12.3 Å². The lowest BCUT2D eigenvalue weighted by molar-refractivity contribution is 0.754. The van der Waals surface area contributed by atoms with Crippen LogP contribution in [0.2, 0.25) is 5.02 Å². The third-order valence-electron chi connectivity index (χ3n) is 2.11. The number of halogens is 1. The summed E-state index contributed by atoms with van der Waals surface area (Å²) < 4.78 is 1.80. The molecule has 3 nitrogen and oxygen atoms in total. The molecule has 0 saturated heterocycles. The highest BCUT2D eigenvalue weighted by molar-refractivity contribution is 6.32. The maximum atomic E-state index is 6.01. The Morgan fingerprint density at radius 2 is 2.43 bits per heavy atom. The van der Waals surface area contributed by atoms with E-state index in [1.54, 1.807) is 10.9 Å². The number of allylic oxidation sites excluding steroid dienone is 1. The summed E-state index contributed by atoms with van der Waals surface area (Å²) in [6, 6.07) is 0. The number of aryl methyl sites for hydroxylation is 1. The van der Waals surface area contributed by atoms with E-state index in [4.69, 9.17) is 11.6 Å². The van der Waals surface area contributed by atoms with Gasteiger partial charge in [-0.15, -0.1) is 0 Å². The van der Waals surface area contributed by atoms with Crippen molar-refractivity contribution in [3.8, 4) is 0 Å². The van der Waals surface area contributed by atoms with Crippen LogP contribution in [0.4, 0.5) is 0 Å². The monoisotopic (exact) mass is 213 g/mol. The number of rotatable bonds is 4. The first-order valence-electron chi connectivity index (χ1n) is 4.66. The smallest absolute Gasteiger partial charge is 0.0862 e. The highest BCUT2D eigenvalue weighted by Gasteiger charge is 2.06. The molecule has 4 heteroatoms. The Labute approximate surface area is 89.8 Å². The Morgan fingerprint density at radius 1 is 1.71 bits per heavy atom. The van der Waals surface area contributed by atoms with Crippen molar-refractivity contribution < 1.29 is 0 Å². The van der Waals surface area contributed by atoms with Crippen LogP contribution >= 0.6 is 11.6 Å². The molecule has 0 unspecified atom stereocenters. The summed E-state index contributed by atoms with van der Waals surface area (Å²) >= 11 is 6.01. The Hall–Kier alpha value is -0.800. The van der Waals surface area contributed by atoms with Crippen LogP contribution in [0.1, 0.15) is 19.0 Å². The largest absolute Gasteiger partial charge is 0.319 e. The molecular formula is C10H16ClN3. The Kier molecular flexibility index (Phi) is 4.17. The second kappa shape index (κ2) is 5.17. The van der Waals surface area contributed by atoms with Gasteiger partial charge in [0.1, 0.15) is 0 Å². The van der Waals surface area contributed by atoms with E-state index >= 15 is 0 Å². The minimum absolute atomic E-state index is 0.714. The molecule has 14 heavy (non-hydrogen) atoms. The molecule has 0 aromatic carbocycles. The van der Waals surface area contributed by atoms with E-state index in [-0.39, 0.29) is 0 Å². The van der Waals surface area contributed by atoms with Crippen molar-refractivity contribution in [2.75, 3.05) is 13.6 Å². The van der Waals surface area contributed by atoms with Crippen molar-refractivity contribution in [2.24, 2.45) is 7.05 Å². The predicted octanol–water partition coefficient (Wildman–Crippen LogP) is 2.09. The molecule has 0 fully saturated rings. The van der Waals surface area contributed by atoms with Gasteiger partial charge in [-0.3, -0.25) is 4.68 Å². The van der Waals surface area contributed by atoms with Gasteiger partial charge < -0.3 is 5.32 Å². The van der Waals surface area contributed by atoms with Crippen LogP contribution < -0.4 is 5.32 Å². The average Bonchev–Trinajstić information content (AvgIpc) is 2.46. The van der Waals surface area contributed by atoms with Crippen LogP contribution in [0, 0.1) is 0 Å². The van der Waals surface area contributed by atoms with E-state index in [9.17, 15) is 0 Å². The minimum Gasteiger partial charge on any atom is -0.319 e. The Bertz CT molecular complexity index is 309. The summed E-state index contributed by atoms with van der Waals surface area (Å²) in [6.07, 6.45) is 4.84. The summed E-state index contributed by atoms with van der Waals surface area (Å²) in [4.78, 5) is 0. The molecule has 1 aromatic heterocycles. The van der Waals surface area contributed by atoms with Gasteiger partial charge in [-0.05, 0) is 32.5 Å². The molecule has 0 radical (unpaired) electrons. The third-order valence-corrected chi connectivity index (χ3v) is 2.39. The van der Waals surface area contributed by atoms with Gasteiger partial charge >= 0.3 is 0 Å². The molecule has 0 aliphatic rings. The number of hydrogen-bond donors (Lipinski definition) is 1. The first-order chi connectivity index (χ1) is 6.66. The van der Waals surface area contributed by atoms with E-state index < -0.39 is 0 Å². The lowest BCUT2D eigenvalue weighted by atomic mass is 10.2. The third kappa shape index (κ3) is 2.59. The van der Waals surface area contributed by atoms with Gasteiger partial charge in [-0.1, -0.05) is 17.7 Å². The van der Waals surface area contributed by atoms with E-state index in [1.807, 2.05) is 14.1 Å². The summed E-state index contributed by atoms with van der Waals surface area (Å²) in [7, 11) is 3.84. The van der Waals surface area contributed by atoms with Crippen LogP contribution in [-0.4, -0.2) is 23.4 Å². The number of aromatic nitrogens is 2. The van der Waals surface area contributed by atoms with Crippen molar-refractivity contribution in [3.05, 3.63) is 23.0 Å². The highest BCUT2D eigenvalue weighted by atomic mass is 35.5. The van der Waals surface area contributed by atoms with Gasteiger partial charge in [0.15, 0.2) is 0 Å². The second-order valence-electron chi connectivity index (χ2n) is 3.24. The van der Waals surface area contributed by atoms with Crippen LogP contribution in [0.5, 0.6) is 0 Å². The fourth-order valence-electron chi connectivity index (χ4n) is 1.38. The Balaban J connectivity index is 2.77. The normalized spacial score (nSPS) is 12.1. The number of nitrogens with zero attached hydrogens (tertiary/aromatic N) is 2. The molecule has 1 heterocycles. The van der Waals surface area contributed by atoms with Crippen molar-refractivity contribution in [3.63, 3.8) is 0 Å². The molecule has 1 aromatic rings. The molecule has 0 amide bonds. The molecule has 1 rings (SSSR count). The fourth-order valence-corrected chi connectivity index (χ4v) is 1.70. The minimum atomic E-state index is 0.714. The maximum Gasteiger partial charge on any atom is 0.0862 e. The van der Waals surface area contributed by atoms with E-state index in [0.29, 0.717) is 5.02 Å². The maximum absolute atomic E-state index is 6.01. The summed E-state index contributed by atoms with van der Waals surface area (Å²) in [5, 5.41) is 7.90. The summed E-state index contributed by atoms with van der Waals surface area (Å²) in [5.74, 6) is 0. The molecule has 0 atom stereocenters. The van der Waals surface area contributed by atoms with Crippen LogP contribution in [-0.2, 0) is 7.05 Å². The molecule has 1 N–H and O–H groups in total. The van der Waals surface area contributed by atoms with Crippen molar-refractivity contribution >= 4 is 17.2 Å². The first kappa shape index (κ1) is 11.3. The fraction of sp³-hybridized carbons (Fsp3) is 0.500. The summed E-state index contributed by atoms with van der Waals surface area (Å²) in [6.45, 7) is 3.03. The molecule has 78 valence electrons. The molecular weight excluding hydrogens is 198 g/mol. The van der Waals surface area contributed by atoms with Crippen LogP contribution in [0.3, 0.4) is 0 Å². The lowest BCUT2D eigenvalue weighted by Crippen LogP contribution is -2.06. The standard InChI is InChI=1S/C10H16ClN3/c1-8(5-4-6-12-2)10-9(11)7-13-14(10)3/h5,7,12H,4,6H2,1-3H3/b8-5-. The zero-order valence-corrected chi connectivity index (χ0v) is 9.60. The van der Waals surface area contributed by atoms with Gasteiger partial charge in [-0.25, -0.2) is 0 Å². The van der Waals surface area contributed by atoms with Gasteiger partial charge in [0, 0.05) is 7.05 Å². The molecule has 0 spiro atoms. The SMILES string of the molecule is CNCC/C=C(/C)c1c(Cl)cnn1C. The lowest BCUT2D eigenvalue weighted by Gasteiger charge is -2.03. The number of nitrogens with one attached hydrogen (secondary N) is 1.